The van der Waals surface area contributed by atoms with Crippen molar-refractivity contribution in [3.05, 3.63) is 35.9 Å². The summed E-state index contributed by atoms with van der Waals surface area (Å²) in [4.78, 5) is 2.44. The number of hydrogen-bond donors (Lipinski definition) is 1. The number of methoxy groups -OCH3 is 1. The Bertz CT molecular complexity index is 328. The van der Waals surface area contributed by atoms with Gasteiger partial charge in [-0.1, -0.05) is 30.3 Å². The summed E-state index contributed by atoms with van der Waals surface area (Å²) in [6.07, 6.45) is 2.58. The van der Waals surface area contributed by atoms with Crippen LogP contribution in [0.4, 0.5) is 0 Å². The second-order valence-corrected chi connectivity index (χ2v) is 4.75. The number of nitrogens with zero attached hydrogens (tertiary/aromatic N) is 1. The molecule has 0 radical (unpaired) electrons. The van der Waals surface area contributed by atoms with Crippen LogP contribution >= 0.6 is 0 Å². The lowest BCUT2D eigenvalue weighted by molar-refractivity contribution is 0.108. The molecular formula is C14H22N2O. The molecule has 1 fully saturated rings. The highest BCUT2D eigenvalue weighted by Crippen LogP contribution is 2.17. The van der Waals surface area contributed by atoms with Gasteiger partial charge in [-0.05, 0) is 18.4 Å². The number of likely N-dealkylation sites (tertiary alicyclic amines) is 1. The van der Waals surface area contributed by atoms with Gasteiger partial charge < -0.3 is 15.4 Å². The fourth-order valence-corrected chi connectivity index (χ4v) is 2.38. The first-order chi connectivity index (χ1) is 8.29. The molecule has 1 aliphatic heterocycles. The normalized spacial score (nSPS) is 22.8. The van der Waals surface area contributed by atoms with Crippen LogP contribution in [0.15, 0.2) is 30.3 Å². The molecule has 0 aromatic heterocycles. The Kier molecular flexibility index (Phi) is 4.54. The molecule has 2 rings (SSSR count). The van der Waals surface area contributed by atoms with Crippen LogP contribution in [-0.4, -0.2) is 37.7 Å². The fourth-order valence-electron chi connectivity index (χ4n) is 2.38. The first kappa shape index (κ1) is 12.6. The summed E-state index contributed by atoms with van der Waals surface area (Å²) in [7, 11) is 1.80. The monoisotopic (exact) mass is 234 g/mol. The maximum Gasteiger partial charge on any atom is 0.0710 e. The summed E-state index contributed by atoms with van der Waals surface area (Å²) >= 11 is 0. The molecule has 1 aliphatic rings. The van der Waals surface area contributed by atoms with E-state index in [1.165, 1.54) is 5.56 Å². The van der Waals surface area contributed by atoms with Crippen LogP contribution in [0.25, 0.3) is 0 Å². The smallest absolute Gasteiger partial charge is 0.0710 e. The van der Waals surface area contributed by atoms with E-state index in [4.69, 9.17) is 10.5 Å². The van der Waals surface area contributed by atoms with Crippen LogP contribution in [0.1, 0.15) is 24.4 Å². The molecule has 2 N–H and O–H groups in total. The van der Waals surface area contributed by atoms with Gasteiger partial charge in [0.15, 0.2) is 0 Å². The van der Waals surface area contributed by atoms with Gasteiger partial charge in [-0.3, -0.25) is 0 Å². The SMILES string of the molecule is COC1CCN(CCC(N)c2ccccc2)C1. The summed E-state index contributed by atoms with van der Waals surface area (Å²) in [6, 6.07) is 10.5. The van der Waals surface area contributed by atoms with E-state index in [1.54, 1.807) is 7.11 Å². The van der Waals surface area contributed by atoms with Crippen LogP contribution in [-0.2, 0) is 4.74 Å². The molecule has 3 heteroatoms. The van der Waals surface area contributed by atoms with E-state index in [0.29, 0.717) is 6.10 Å². The zero-order valence-electron chi connectivity index (χ0n) is 10.5. The molecule has 0 amide bonds. The minimum absolute atomic E-state index is 0.151. The van der Waals surface area contributed by atoms with Gasteiger partial charge in [0.1, 0.15) is 0 Å². The van der Waals surface area contributed by atoms with Gasteiger partial charge in [0.05, 0.1) is 6.10 Å². The van der Waals surface area contributed by atoms with E-state index < -0.39 is 0 Å². The molecule has 0 bridgehead atoms. The first-order valence-corrected chi connectivity index (χ1v) is 6.35. The second kappa shape index (κ2) is 6.15. The third-order valence-corrected chi connectivity index (χ3v) is 3.55. The van der Waals surface area contributed by atoms with Gasteiger partial charge in [0.2, 0.25) is 0 Å². The van der Waals surface area contributed by atoms with Crippen LogP contribution in [0.2, 0.25) is 0 Å². The maximum absolute atomic E-state index is 6.18. The Balaban J connectivity index is 1.75. The molecule has 1 aromatic rings. The standard InChI is InChI=1S/C14H22N2O/c1-17-13-7-9-16(11-13)10-8-14(15)12-5-3-2-4-6-12/h2-6,13-14H,7-11,15H2,1H3. The number of benzene rings is 1. The van der Waals surface area contributed by atoms with Gasteiger partial charge >= 0.3 is 0 Å². The van der Waals surface area contributed by atoms with Crippen molar-refractivity contribution in [1.82, 2.24) is 4.90 Å². The van der Waals surface area contributed by atoms with Crippen molar-refractivity contribution in [1.29, 1.82) is 0 Å². The van der Waals surface area contributed by atoms with Crippen molar-refractivity contribution in [2.75, 3.05) is 26.7 Å². The van der Waals surface area contributed by atoms with Crippen molar-refractivity contribution in [2.24, 2.45) is 5.73 Å². The lowest BCUT2D eigenvalue weighted by Crippen LogP contribution is -2.26. The molecule has 2 unspecified atom stereocenters. The highest BCUT2D eigenvalue weighted by atomic mass is 16.5. The van der Waals surface area contributed by atoms with Crippen molar-refractivity contribution < 1.29 is 4.74 Å². The molecule has 3 nitrogen and oxygen atoms in total. The van der Waals surface area contributed by atoms with E-state index in [-0.39, 0.29) is 6.04 Å². The Morgan fingerprint density at radius 1 is 1.41 bits per heavy atom. The van der Waals surface area contributed by atoms with Gasteiger partial charge in [-0.2, -0.15) is 0 Å². The second-order valence-electron chi connectivity index (χ2n) is 4.75. The van der Waals surface area contributed by atoms with E-state index in [9.17, 15) is 0 Å². The molecule has 1 heterocycles. The maximum atomic E-state index is 6.18. The van der Waals surface area contributed by atoms with E-state index in [0.717, 1.165) is 32.5 Å². The average molecular weight is 234 g/mol. The van der Waals surface area contributed by atoms with Crippen molar-refractivity contribution in [3.8, 4) is 0 Å². The molecule has 0 aliphatic carbocycles. The molecular weight excluding hydrogens is 212 g/mol. The molecule has 1 saturated heterocycles. The van der Waals surface area contributed by atoms with Gasteiger partial charge in [0, 0.05) is 32.8 Å². The summed E-state index contributed by atoms with van der Waals surface area (Å²) in [6.45, 7) is 3.26. The predicted octanol–water partition coefficient (Wildman–Crippen LogP) is 1.80. The zero-order chi connectivity index (χ0) is 12.1. The number of rotatable bonds is 5. The first-order valence-electron chi connectivity index (χ1n) is 6.35. The van der Waals surface area contributed by atoms with Crippen molar-refractivity contribution in [2.45, 2.75) is 25.0 Å². The quantitative estimate of drug-likeness (QED) is 0.844. The van der Waals surface area contributed by atoms with E-state index in [2.05, 4.69) is 17.0 Å². The fraction of sp³-hybridized carbons (Fsp3) is 0.571. The Morgan fingerprint density at radius 3 is 2.82 bits per heavy atom. The van der Waals surface area contributed by atoms with Crippen LogP contribution < -0.4 is 5.73 Å². The number of hydrogen-bond acceptors (Lipinski definition) is 3. The summed E-state index contributed by atoms with van der Waals surface area (Å²) in [5.41, 5.74) is 7.41. The molecule has 2 atom stereocenters. The topological polar surface area (TPSA) is 38.5 Å². The lowest BCUT2D eigenvalue weighted by Gasteiger charge is -2.18. The Hall–Kier alpha value is -0.900. The third-order valence-electron chi connectivity index (χ3n) is 3.55. The Labute approximate surface area is 104 Å². The number of ether oxygens (including phenoxy) is 1. The molecule has 17 heavy (non-hydrogen) atoms. The summed E-state index contributed by atoms with van der Waals surface area (Å²) in [5.74, 6) is 0. The van der Waals surface area contributed by atoms with Gasteiger partial charge in [0.25, 0.3) is 0 Å². The average Bonchev–Trinajstić information content (AvgIpc) is 2.85. The third kappa shape index (κ3) is 3.53. The summed E-state index contributed by atoms with van der Waals surface area (Å²) < 4.78 is 5.36. The van der Waals surface area contributed by atoms with Gasteiger partial charge in [-0.25, -0.2) is 0 Å². The zero-order valence-corrected chi connectivity index (χ0v) is 10.5. The molecule has 1 aromatic carbocycles. The molecule has 94 valence electrons. The minimum atomic E-state index is 0.151. The summed E-state index contributed by atoms with van der Waals surface area (Å²) in [5, 5.41) is 0. The van der Waals surface area contributed by atoms with Crippen LogP contribution in [0, 0.1) is 0 Å². The van der Waals surface area contributed by atoms with E-state index in [1.807, 2.05) is 18.2 Å². The Morgan fingerprint density at radius 2 is 2.18 bits per heavy atom. The van der Waals surface area contributed by atoms with Crippen LogP contribution in [0.5, 0.6) is 0 Å². The van der Waals surface area contributed by atoms with Crippen molar-refractivity contribution in [3.63, 3.8) is 0 Å². The highest BCUT2D eigenvalue weighted by Gasteiger charge is 2.21. The molecule has 0 saturated carbocycles. The van der Waals surface area contributed by atoms with Crippen LogP contribution in [0.3, 0.4) is 0 Å². The van der Waals surface area contributed by atoms with Crippen molar-refractivity contribution >= 4 is 0 Å². The number of nitrogens with two attached hydrogens (primary N) is 1. The molecule has 0 spiro atoms. The van der Waals surface area contributed by atoms with Gasteiger partial charge in [-0.15, -0.1) is 0 Å². The lowest BCUT2D eigenvalue weighted by atomic mass is 10.0. The minimum Gasteiger partial charge on any atom is -0.380 e. The van der Waals surface area contributed by atoms with E-state index >= 15 is 0 Å². The highest BCUT2D eigenvalue weighted by molar-refractivity contribution is 5.18. The largest absolute Gasteiger partial charge is 0.380 e. The predicted molar refractivity (Wildman–Crippen MR) is 69.8 cm³/mol.